The van der Waals surface area contributed by atoms with E-state index in [1.807, 2.05) is 0 Å². The number of aromatic nitrogens is 3. The lowest BCUT2D eigenvalue weighted by atomic mass is 10.2. The van der Waals surface area contributed by atoms with Gasteiger partial charge in [-0.3, -0.25) is 9.59 Å². The van der Waals surface area contributed by atoms with Crippen molar-refractivity contribution in [3.63, 3.8) is 0 Å². The van der Waals surface area contributed by atoms with Gasteiger partial charge in [-0.2, -0.15) is 0 Å². The van der Waals surface area contributed by atoms with E-state index in [2.05, 4.69) is 15.3 Å². The minimum Gasteiger partial charge on any atom is -0.348 e. The molecule has 1 unspecified atom stereocenters. The van der Waals surface area contributed by atoms with Gasteiger partial charge >= 0.3 is 0 Å². The fourth-order valence-electron chi connectivity index (χ4n) is 2.85. The topological polar surface area (TPSA) is 80.1 Å². The molecule has 0 fully saturated rings. The zero-order chi connectivity index (χ0) is 18.6. The Morgan fingerprint density at radius 1 is 1.35 bits per heavy atom. The molecule has 7 nitrogen and oxygen atoms in total. The molecule has 0 bridgehead atoms. The summed E-state index contributed by atoms with van der Waals surface area (Å²) in [6.45, 7) is 1.65. The number of fused-ring (bicyclic) bond motifs is 2. The summed E-state index contributed by atoms with van der Waals surface area (Å²) in [6.07, 6.45) is 1.44. The molecule has 0 aliphatic carbocycles. The van der Waals surface area contributed by atoms with Crippen LogP contribution in [0.25, 0.3) is 10.2 Å². The van der Waals surface area contributed by atoms with Gasteiger partial charge in [-0.25, -0.2) is 18.7 Å². The van der Waals surface area contributed by atoms with Crippen LogP contribution < -0.4 is 10.2 Å². The molecule has 4 rings (SSSR count). The number of carbonyl (C=O) groups excluding carboxylic acids is 2. The van der Waals surface area contributed by atoms with Crippen molar-refractivity contribution in [3.8, 4) is 0 Å². The fourth-order valence-corrected chi connectivity index (χ4v) is 3.74. The Hall–Kier alpha value is -2.88. The fraction of sp³-hybridized carbons (Fsp3) is 0.250. The average Bonchev–Trinajstić information content (AvgIpc) is 3.21. The summed E-state index contributed by atoms with van der Waals surface area (Å²) in [5.74, 6) is -1.93. The minimum absolute atomic E-state index is 0.0984. The number of likely N-dealkylation sites (N-methyl/N-ethyl adjacent to an activating group) is 1. The molecule has 1 aliphatic rings. The third-order valence-electron chi connectivity index (χ3n) is 4.34. The first-order valence-electron chi connectivity index (χ1n) is 7.72. The van der Waals surface area contributed by atoms with Gasteiger partial charge in [-0.15, -0.1) is 0 Å². The molecule has 1 N–H and O–H groups in total. The van der Waals surface area contributed by atoms with E-state index < -0.39 is 17.5 Å². The number of benzene rings is 1. The molecule has 0 spiro atoms. The zero-order valence-corrected chi connectivity index (χ0v) is 14.6. The lowest BCUT2D eigenvalue weighted by Gasteiger charge is -2.14. The van der Waals surface area contributed by atoms with Crippen LogP contribution in [0.5, 0.6) is 0 Å². The number of nitrogens with zero attached hydrogens (tertiary/aromatic N) is 4. The molecule has 3 aromatic rings. The summed E-state index contributed by atoms with van der Waals surface area (Å²) < 4.78 is 28.4. The maximum Gasteiger partial charge on any atom is 0.246 e. The number of carbonyl (C=O) groups is 2. The van der Waals surface area contributed by atoms with E-state index >= 15 is 0 Å². The Balaban J connectivity index is 1.54. The Bertz CT molecular complexity index is 1020. The number of amides is 1. The minimum atomic E-state index is -0.994. The molecule has 1 aliphatic heterocycles. The maximum absolute atomic E-state index is 13.3. The van der Waals surface area contributed by atoms with Crippen molar-refractivity contribution in [2.45, 2.75) is 19.5 Å². The Morgan fingerprint density at radius 3 is 2.85 bits per heavy atom. The second-order valence-electron chi connectivity index (χ2n) is 6.00. The number of Topliss-reactive ketones (excluding diaryl/α,β-unsaturated/α-hetero) is 1. The lowest BCUT2D eigenvalue weighted by Crippen LogP contribution is -2.29. The monoisotopic (exact) mass is 377 g/mol. The molecule has 10 heteroatoms. The summed E-state index contributed by atoms with van der Waals surface area (Å²) in [5, 5.41) is 2.81. The molecule has 1 amide bonds. The molecule has 0 saturated heterocycles. The number of imidazole rings is 1. The Labute approximate surface area is 150 Å². The Morgan fingerprint density at radius 2 is 2.08 bits per heavy atom. The molecule has 3 heterocycles. The summed E-state index contributed by atoms with van der Waals surface area (Å²) in [6, 6.07) is 1.70. The molecule has 134 valence electrons. The first-order chi connectivity index (χ1) is 12.3. The van der Waals surface area contributed by atoms with E-state index in [4.69, 9.17) is 0 Å². The van der Waals surface area contributed by atoms with Crippen LogP contribution in [0.2, 0.25) is 0 Å². The zero-order valence-electron chi connectivity index (χ0n) is 13.8. The van der Waals surface area contributed by atoms with E-state index in [9.17, 15) is 18.4 Å². The Kier molecular flexibility index (Phi) is 3.72. The van der Waals surface area contributed by atoms with Crippen molar-refractivity contribution >= 4 is 44.2 Å². The van der Waals surface area contributed by atoms with E-state index in [1.165, 1.54) is 10.9 Å². The quantitative estimate of drug-likeness (QED) is 0.758. The first-order valence-corrected chi connectivity index (χ1v) is 8.54. The van der Waals surface area contributed by atoms with Crippen LogP contribution in [0.4, 0.5) is 19.7 Å². The van der Waals surface area contributed by atoms with E-state index in [1.54, 1.807) is 18.9 Å². The molecule has 26 heavy (non-hydrogen) atoms. The van der Waals surface area contributed by atoms with E-state index in [0.717, 1.165) is 23.5 Å². The van der Waals surface area contributed by atoms with Gasteiger partial charge in [-0.05, 0) is 13.0 Å². The van der Waals surface area contributed by atoms with Crippen molar-refractivity contribution in [3.05, 3.63) is 35.8 Å². The summed E-state index contributed by atoms with van der Waals surface area (Å²) >= 11 is 1.04. The maximum atomic E-state index is 13.3. The number of anilines is 2. The SMILES string of the molecule is CC1C(=O)c2c(ncn2CC(=O)Nc2nc3cc(F)c(F)cc3s2)N1C. The first kappa shape index (κ1) is 16.6. The van der Waals surface area contributed by atoms with Crippen LogP contribution in [0, 0.1) is 11.6 Å². The highest BCUT2D eigenvalue weighted by Gasteiger charge is 2.36. The highest BCUT2D eigenvalue weighted by Crippen LogP contribution is 2.30. The molecule has 1 atom stereocenters. The highest BCUT2D eigenvalue weighted by molar-refractivity contribution is 7.22. The average molecular weight is 377 g/mol. The van der Waals surface area contributed by atoms with Gasteiger partial charge < -0.3 is 14.8 Å². The van der Waals surface area contributed by atoms with Gasteiger partial charge in [-0.1, -0.05) is 11.3 Å². The van der Waals surface area contributed by atoms with Crippen molar-refractivity contribution in [2.75, 3.05) is 17.3 Å². The van der Waals surface area contributed by atoms with Gasteiger partial charge in [0.25, 0.3) is 0 Å². The van der Waals surface area contributed by atoms with Crippen LogP contribution in [0.1, 0.15) is 17.4 Å². The molecular weight excluding hydrogens is 364 g/mol. The summed E-state index contributed by atoms with van der Waals surface area (Å²) in [7, 11) is 1.77. The third-order valence-corrected chi connectivity index (χ3v) is 5.27. The number of nitrogens with one attached hydrogen (secondary N) is 1. The molecule has 0 radical (unpaired) electrons. The number of halogens is 2. The second kappa shape index (κ2) is 5.84. The predicted molar refractivity (Wildman–Crippen MR) is 92.6 cm³/mol. The van der Waals surface area contributed by atoms with Crippen molar-refractivity contribution < 1.29 is 18.4 Å². The number of thiazole rings is 1. The van der Waals surface area contributed by atoms with E-state index in [0.29, 0.717) is 16.2 Å². The largest absolute Gasteiger partial charge is 0.348 e. The van der Waals surface area contributed by atoms with Crippen LogP contribution in [0.3, 0.4) is 0 Å². The number of ketones is 1. The second-order valence-corrected chi connectivity index (χ2v) is 7.03. The van der Waals surface area contributed by atoms with E-state index in [-0.39, 0.29) is 29.0 Å². The van der Waals surface area contributed by atoms with Gasteiger partial charge in [0.2, 0.25) is 11.7 Å². The smallest absolute Gasteiger partial charge is 0.246 e. The summed E-state index contributed by atoms with van der Waals surface area (Å²) in [5.41, 5.74) is 0.655. The van der Waals surface area contributed by atoms with Gasteiger partial charge in [0.05, 0.1) is 22.6 Å². The molecule has 1 aromatic carbocycles. The van der Waals surface area contributed by atoms with Crippen LogP contribution >= 0.6 is 11.3 Å². The summed E-state index contributed by atoms with van der Waals surface area (Å²) in [4.78, 5) is 34.6. The van der Waals surface area contributed by atoms with Crippen LogP contribution in [0.15, 0.2) is 18.5 Å². The highest BCUT2D eigenvalue weighted by atomic mass is 32.1. The van der Waals surface area contributed by atoms with Crippen molar-refractivity contribution in [1.29, 1.82) is 0 Å². The number of rotatable bonds is 3. The van der Waals surface area contributed by atoms with Crippen LogP contribution in [-0.2, 0) is 11.3 Å². The van der Waals surface area contributed by atoms with Gasteiger partial charge in [0.15, 0.2) is 22.6 Å². The molecule has 2 aromatic heterocycles. The normalized spacial score (nSPS) is 16.4. The molecular formula is C16H13F2N5O2S. The van der Waals surface area contributed by atoms with Crippen molar-refractivity contribution in [1.82, 2.24) is 14.5 Å². The lowest BCUT2D eigenvalue weighted by molar-refractivity contribution is -0.116. The van der Waals surface area contributed by atoms with Gasteiger partial charge in [0.1, 0.15) is 12.2 Å². The van der Waals surface area contributed by atoms with Crippen LogP contribution in [-0.4, -0.2) is 39.3 Å². The number of hydrogen-bond donors (Lipinski definition) is 1. The number of hydrogen-bond acceptors (Lipinski definition) is 6. The standard InChI is InChI=1S/C16H13F2N5O2S/c1-7-14(25)13-15(22(7)2)19-6-23(13)5-12(24)21-16-20-10-3-8(17)9(18)4-11(10)26-16/h3-4,6-7H,5H2,1-2H3,(H,20,21,24). The van der Waals surface area contributed by atoms with Gasteiger partial charge in [0, 0.05) is 13.1 Å². The third kappa shape index (κ3) is 2.53. The molecule has 0 saturated carbocycles. The van der Waals surface area contributed by atoms with Crippen molar-refractivity contribution in [2.24, 2.45) is 0 Å². The predicted octanol–water partition coefficient (Wildman–Crippen LogP) is 2.43.